The summed E-state index contributed by atoms with van der Waals surface area (Å²) in [7, 11) is 0. The Hall–Kier alpha value is -0.820. The lowest BCUT2D eigenvalue weighted by molar-refractivity contribution is 0.443. The minimum atomic E-state index is 0.842. The van der Waals surface area contributed by atoms with Gasteiger partial charge in [0.05, 0.1) is 0 Å². The largest absolute Gasteiger partial charge is 0.317 e. The first-order valence-electron chi connectivity index (χ1n) is 7.69. The van der Waals surface area contributed by atoms with Crippen LogP contribution in [-0.4, -0.2) is 13.1 Å². The zero-order valence-corrected chi connectivity index (χ0v) is 11.8. The van der Waals surface area contributed by atoms with Crippen LogP contribution in [0.3, 0.4) is 0 Å². The van der Waals surface area contributed by atoms with E-state index in [2.05, 4.69) is 36.5 Å². The highest BCUT2D eigenvalue weighted by molar-refractivity contribution is 5.25. The second kappa shape index (κ2) is 7.58. The molecule has 1 fully saturated rings. The molecule has 1 aromatic carbocycles. The highest BCUT2D eigenvalue weighted by atomic mass is 14.8. The van der Waals surface area contributed by atoms with Gasteiger partial charge in [0.2, 0.25) is 0 Å². The van der Waals surface area contributed by atoms with Gasteiger partial charge in [-0.05, 0) is 55.8 Å². The molecular formula is C17H27N. The topological polar surface area (TPSA) is 12.0 Å². The quantitative estimate of drug-likeness (QED) is 0.738. The van der Waals surface area contributed by atoms with Crippen LogP contribution in [0.1, 0.15) is 62.5 Å². The molecule has 100 valence electrons. The van der Waals surface area contributed by atoms with Crippen molar-refractivity contribution in [3.05, 3.63) is 35.4 Å². The molecule has 1 nitrogen and oxygen atoms in total. The van der Waals surface area contributed by atoms with Crippen molar-refractivity contribution < 1.29 is 0 Å². The third-order valence-electron chi connectivity index (χ3n) is 4.13. The Morgan fingerprint density at radius 2 is 1.78 bits per heavy atom. The van der Waals surface area contributed by atoms with Crippen LogP contribution in [0.4, 0.5) is 0 Å². The molecule has 1 heteroatoms. The summed E-state index contributed by atoms with van der Waals surface area (Å²) in [4.78, 5) is 0. The number of hydrogen-bond acceptors (Lipinski definition) is 1. The maximum absolute atomic E-state index is 3.38. The standard InChI is InChI=1S/C17H27N/c1-2-18-14-6-7-15-10-12-17(13-11-15)16-8-4-3-5-9-16/h10-13,16,18H,2-9,14H2,1H3. The van der Waals surface area contributed by atoms with Gasteiger partial charge in [-0.3, -0.25) is 0 Å². The van der Waals surface area contributed by atoms with Gasteiger partial charge >= 0.3 is 0 Å². The van der Waals surface area contributed by atoms with Crippen LogP contribution in [0.2, 0.25) is 0 Å². The first-order valence-corrected chi connectivity index (χ1v) is 7.69. The van der Waals surface area contributed by atoms with Crippen LogP contribution in [0.15, 0.2) is 24.3 Å². The highest BCUT2D eigenvalue weighted by Crippen LogP contribution is 2.32. The van der Waals surface area contributed by atoms with Gasteiger partial charge < -0.3 is 5.32 Å². The summed E-state index contributed by atoms with van der Waals surface area (Å²) in [6, 6.07) is 9.43. The fourth-order valence-electron chi connectivity index (χ4n) is 2.99. The molecule has 0 aliphatic heterocycles. The van der Waals surface area contributed by atoms with Gasteiger partial charge in [-0.2, -0.15) is 0 Å². The molecule has 0 heterocycles. The molecule has 0 aromatic heterocycles. The Labute approximate surface area is 112 Å². The Morgan fingerprint density at radius 1 is 1.06 bits per heavy atom. The molecule has 0 spiro atoms. The van der Waals surface area contributed by atoms with Crippen molar-refractivity contribution in [1.82, 2.24) is 5.32 Å². The summed E-state index contributed by atoms with van der Waals surface area (Å²) >= 11 is 0. The molecule has 0 saturated heterocycles. The Balaban J connectivity index is 1.81. The molecule has 1 aliphatic carbocycles. The summed E-state index contributed by atoms with van der Waals surface area (Å²) in [5.41, 5.74) is 3.07. The van der Waals surface area contributed by atoms with E-state index in [0.717, 1.165) is 19.0 Å². The van der Waals surface area contributed by atoms with E-state index in [1.165, 1.54) is 50.5 Å². The average Bonchev–Trinajstić information content (AvgIpc) is 2.45. The van der Waals surface area contributed by atoms with E-state index in [4.69, 9.17) is 0 Å². The van der Waals surface area contributed by atoms with E-state index in [0.29, 0.717) is 0 Å². The maximum atomic E-state index is 3.38. The van der Waals surface area contributed by atoms with Crippen molar-refractivity contribution in [2.24, 2.45) is 0 Å². The van der Waals surface area contributed by atoms with Gasteiger partial charge in [-0.1, -0.05) is 50.5 Å². The van der Waals surface area contributed by atoms with Crippen LogP contribution >= 0.6 is 0 Å². The second-order valence-corrected chi connectivity index (χ2v) is 5.53. The molecule has 0 radical (unpaired) electrons. The molecule has 1 N–H and O–H groups in total. The Bertz CT molecular complexity index is 322. The van der Waals surface area contributed by atoms with Gasteiger partial charge in [0, 0.05) is 0 Å². The summed E-state index contributed by atoms with van der Waals surface area (Å²) in [5.74, 6) is 0.842. The maximum Gasteiger partial charge on any atom is -0.00459 e. The second-order valence-electron chi connectivity index (χ2n) is 5.53. The lowest BCUT2D eigenvalue weighted by Gasteiger charge is -2.22. The molecule has 18 heavy (non-hydrogen) atoms. The van der Waals surface area contributed by atoms with E-state index >= 15 is 0 Å². The number of aryl methyl sites for hydroxylation is 1. The molecule has 1 aromatic rings. The third-order valence-corrected chi connectivity index (χ3v) is 4.13. The predicted octanol–water partition coefficient (Wildman–Crippen LogP) is 4.28. The molecular weight excluding hydrogens is 218 g/mol. The van der Waals surface area contributed by atoms with Crippen LogP contribution in [0, 0.1) is 0 Å². The molecule has 0 bridgehead atoms. The van der Waals surface area contributed by atoms with Gasteiger partial charge in [0.1, 0.15) is 0 Å². The van der Waals surface area contributed by atoms with Gasteiger partial charge in [0.25, 0.3) is 0 Å². The van der Waals surface area contributed by atoms with Crippen molar-refractivity contribution in [2.75, 3.05) is 13.1 Å². The zero-order chi connectivity index (χ0) is 12.6. The normalized spacial score (nSPS) is 16.9. The summed E-state index contributed by atoms with van der Waals surface area (Å²) in [6.45, 7) is 4.39. The summed E-state index contributed by atoms with van der Waals surface area (Å²) in [5, 5.41) is 3.38. The monoisotopic (exact) mass is 245 g/mol. The van der Waals surface area contributed by atoms with Gasteiger partial charge in [0.15, 0.2) is 0 Å². The minimum Gasteiger partial charge on any atom is -0.317 e. The van der Waals surface area contributed by atoms with Gasteiger partial charge in [-0.25, -0.2) is 0 Å². The van der Waals surface area contributed by atoms with Crippen molar-refractivity contribution in [3.63, 3.8) is 0 Å². The number of nitrogens with one attached hydrogen (secondary N) is 1. The highest BCUT2D eigenvalue weighted by Gasteiger charge is 2.14. The van der Waals surface area contributed by atoms with Crippen molar-refractivity contribution >= 4 is 0 Å². The summed E-state index contributed by atoms with van der Waals surface area (Å²) in [6.07, 6.45) is 9.55. The SMILES string of the molecule is CCNCCCc1ccc(C2CCCCC2)cc1. The molecule has 1 saturated carbocycles. The smallest absolute Gasteiger partial charge is 0.00459 e. The number of rotatable bonds is 6. The van der Waals surface area contributed by atoms with Gasteiger partial charge in [-0.15, -0.1) is 0 Å². The first-order chi connectivity index (χ1) is 8.90. The number of benzene rings is 1. The lowest BCUT2D eigenvalue weighted by Crippen LogP contribution is -2.14. The number of hydrogen-bond donors (Lipinski definition) is 1. The van der Waals surface area contributed by atoms with Crippen molar-refractivity contribution in [3.8, 4) is 0 Å². The predicted molar refractivity (Wildman–Crippen MR) is 79.1 cm³/mol. The minimum absolute atomic E-state index is 0.842. The van der Waals surface area contributed by atoms with E-state index in [1.807, 2.05) is 0 Å². The fourth-order valence-corrected chi connectivity index (χ4v) is 2.99. The third kappa shape index (κ3) is 4.13. The molecule has 1 aliphatic rings. The fraction of sp³-hybridized carbons (Fsp3) is 0.647. The van der Waals surface area contributed by atoms with E-state index in [9.17, 15) is 0 Å². The van der Waals surface area contributed by atoms with Crippen LogP contribution in [-0.2, 0) is 6.42 Å². The molecule has 0 atom stereocenters. The zero-order valence-electron chi connectivity index (χ0n) is 11.8. The van der Waals surface area contributed by atoms with E-state index in [-0.39, 0.29) is 0 Å². The Kier molecular flexibility index (Phi) is 5.73. The van der Waals surface area contributed by atoms with Crippen molar-refractivity contribution in [1.29, 1.82) is 0 Å². The summed E-state index contributed by atoms with van der Waals surface area (Å²) < 4.78 is 0. The average molecular weight is 245 g/mol. The Morgan fingerprint density at radius 3 is 2.44 bits per heavy atom. The van der Waals surface area contributed by atoms with E-state index < -0.39 is 0 Å². The van der Waals surface area contributed by atoms with Crippen LogP contribution < -0.4 is 5.32 Å². The van der Waals surface area contributed by atoms with Crippen LogP contribution in [0.5, 0.6) is 0 Å². The molecule has 2 rings (SSSR count). The molecule has 0 unspecified atom stereocenters. The molecule has 0 amide bonds. The van der Waals surface area contributed by atoms with Crippen molar-refractivity contribution in [2.45, 2.75) is 57.8 Å². The first kappa shape index (κ1) is 13.6. The van der Waals surface area contributed by atoms with Crippen LogP contribution in [0.25, 0.3) is 0 Å². The van der Waals surface area contributed by atoms with E-state index in [1.54, 1.807) is 5.56 Å². The lowest BCUT2D eigenvalue weighted by atomic mass is 9.84.